The minimum atomic E-state index is 0.468. The largest absolute Gasteiger partial charge is 0.305 e. The summed E-state index contributed by atoms with van der Waals surface area (Å²) in [5, 5.41) is 8.09. The molecule has 0 spiro atoms. The van der Waals surface area contributed by atoms with Gasteiger partial charge in [0.05, 0.1) is 5.69 Å². The van der Waals surface area contributed by atoms with Crippen molar-refractivity contribution in [1.29, 1.82) is 5.41 Å². The number of hydrogen-bond acceptors (Lipinski definition) is 3. The van der Waals surface area contributed by atoms with Crippen LogP contribution < -0.4 is 0 Å². The zero-order valence-electron chi connectivity index (χ0n) is 8.55. The van der Waals surface area contributed by atoms with Crippen LogP contribution in [0.1, 0.15) is 30.8 Å². The maximum Gasteiger partial charge on any atom is 0.133 e. The van der Waals surface area contributed by atoms with Gasteiger partial charge in [0, 0.05) is 11.8 Å². The number of halogens is 1. The molecule has 0 atom stereocenters. The van der Waals surface area contributed by atoms with Gasteiger partial charge >= 0.3 is 0 Å². The van der Waals surface area contributed by atoms with E-state index in [9.17, 15) is 0 Å². The van der Waals surface area contributed by atoms with Crippen LogP contribution in [0.4, 0.5) is 0 Å². The normalized spacial score (nSPS) is 16.4. The van der Waals surface area contributed by atoms with Crippen LogP contribution in [0.2, 0.25) is 5.15 Å². The van der Waals surface area contributed by atoms with E-state index < -0.39 is 0 Å². The first kappa shape index (κ1) is 10.3. The molecular formula is C11H12ClN3. The highest BCUT2D eigenvalue weighted by Gasteiger charge is 2.11. The highest BCUT2D eigenvalue weighted by Crippen LogP contribution is 2.25. The van der Waals surface area contributed by atoms with Gasteiger partial charge in [-0.3, -0.25) is 0 Å². The molecule has 0 saturated heterocycles. The first-order valence-corrected chi connectivity index (χ1v) is 5.32. The fourth-order valence-corrected chi connectivity index (χ4v) is 1.95. The van der Waals surface area contributed by atoms with Crippen molar-refractivity contribution in [3.8, 4) is 0 Å². The first-order valence-electron chi connectivity index (χ1n) is 4.95. The maximum atomic E-state index is 7.62. The molecule has 0 unspecified atom stereocenters. The quantitative estimate of drug-likeness (QED) is 0.741. The predicted octanol–water partition coefficient (Wildman–Crippen LogP) is 3.03. The van der Waals surface area contributed by atoms with Crippen molar-refractivity contribution >= 4 is 22.9 Å². The zero-order valence-corrected chi connectivity index (χ0v) is 9.30. The number of nitrogens with zero attached hydrogens (tertiary/aromatic N) is 2. The Morgan fingerprint density at radius 2 is 2.13 bits per heavy atom. The van der Waals surface area contributed by atoms with Crippen molar-refractivity contribution in [2.24, 2.45) is 0 Å². The minimum Gasteiger partial charge on any atom is -0.305 e. The molecule has 15 heavy (non-hydrogen) atoms. The molecule has 0 amide bonds. The lowest BCUT2D eigenvalue weighted by molar-refractivity contribution is 0.879. The average Bonchev–Trinajstić information content (AvgIpc) is 2.16. The summed E-state index contributed by atoms with van der Waals surface area (Å²) in [6.45, 7) is 1.82. The summed E-state index contributed by atoms with van der Waals surface area (Å²) >= 11 is 5.87. The molecule has 1 aromatic heterocycles. The average molecular weight is 222 g/mol. The fraction of sp³-hybridized carbons (Fsp3) is 0.364. The molecule has 0 aromatic carbocycles. The van der Waals surface area contributed by atoms with Crippen LogP contribution in [0.5, 0.6) is 0 Å². The van der Waals surface area contributed by atoms with Crippen LogP contribution >= 0.6 is 11.6 Å². The Kier molecular flexibility index (Phi) is 2.82. The minimum absolute atomic E-state index is 0.468. The number of allylic oxidation sites excluding steroid dienone is 2. The summed E-state index contributed by atoms with van der Waals surface area (Å²) in [7, 11) is 0. The molecule has 78 valence electrons. The molecule has 1 aliphatic carbocycles. The maximum absolute atomic E-state index is 7.62. The van der Waals surface area contributed by atoms with E-state index in [0.717, 1.165) is 30.5 Å². The molecule has 1 heterocycles. The van der Waals surface area contributed by atoms with E-state index in [1.165, 1.54) is 0 Å². The monoisotopic (exact) mass is 221 g/mol. The molecule has 1 N–H and O–H groups in total. The van der Waals surface area contributed by atoms with Gasteiger partial charge in [-0.05, 0) is 37.8 Å². The standard InChI is InChI=1S/C11H12ClN3/c1-7-14-10(6-11(12)15-7)8-3-2-4-9(13)5-8/h5-6,13H,2-4H2,1H3. The van der Waals surface area contributed by atoms with E-state index in [0.29, 0.717) is 16.7 Å². The lowest BCUT2D eigenvalue weighted by atomic mass is 9.96. The highest BCUT2D eigenvalue weighted by atomic mass is 35.5. The third-order valence-corrected chi connectivity index (χ3v) is 2.57. The molecular weight excluding hydrogens is 210 g/mol. The van der Waals surface area contributed by atoms with Crippen molar-refractivity contribution in [2.45, 2.75) is 26.2 Å². The van der Waals surface area contributed by atoms with Crippen molar-refractivity contribution in [1.82, 2.24) is 9.97 Å². The Hall–Kier alpha value is -1.22. The third kappa shape index (κ3) is 2.42. The van der Waals surface area contributed by atoms with Crippen LogP contribution in [0.3, 0.4) is 0 Å². The molecule has 0 bridgehead atoms. The smallest absolute Gasteiger partial charge is 0.133 e. The van der Waals surface area contributed by atoms with Gasteiger partial charge in [-0.15, -0.1) is 0 Å². The van der Waals surface area contributed by atoms with E-state index in [4.69, 9.17) is 17.0 Å². The van der Waals surface area contributed by atoms with Crippen LogP contribution in [0, 0.1) is 12.3 Å². The van der Waals surface area contributed by atoms with E-state index in [1.54, 1.807) is 6.07 Å². The molecule has 0 radical (unpaired) electrons. The van der Waals surface area contributed by atoms with Crippen molar-refractivity contribution < 1.29 is 0 Å². The Bertz CT molecular complexity index is 417. The van der Waals surface area contributed by atoms with E-state index in [2.05, 4.69) is 9.97 Å². The van der Waals surface area contributed by atoms with Crippen molar-refractivity contribution in [2.75, 3.05) is 0 Å². The number of aryl methyl sites for hydroxylation is 1. The summed E-state index contributed by atoms with van der Waals surface area (Å²) in [6, 6.07) is 1.76. The molecule has 3 nitrogen and oxygen atoms in total. The second-order valence-electron chi connectivity index (χ2n) is 3.67. The van der Waals surface area contributed by atoms with Crippen LogP contribution in [-0.2, 0) is 0 Å². The molecule has 0 fully saturated rings. The van der Waals surface area contributed by atoms with Gasteiger partial charge < -0.3 is 5.41 Å². The van der Waals surface area contributed by atoms with Gasteiger partial charge in [0.2, 0.25) is 0 Å². The van der Waals surface area contributed by atoms with Crippen LogP contribution in [-0.4, -0.2) is 15.7 Å². The van der Waals surface area contributed by atoms with E-state index >= 15 is 0 Å². The topological polar surface area (TPSA) is 49.6 Å². The van der Waals surface area contributed by atoms with Gasteiger partial charge in [0.15, 0.2) is 0 Å². The first-order chi connectivity index (χ1) is 7.15. The molecule has 0 aliphatic heterocycles. The van der Waals surface area contributed by atoms with Gasteiger partial charge in [-0.1, -0.05) is 11.6 Å². The third-order valence-electron chi connectivity index (χ3n) is 2.38. The molecule has 1 aliphatic rings. The number of hydrogen-bond donors (Lipinski definition) is 1. The lowest BCUT2D eigenvalue weighted by Crippen LogP contribution is -2.03. The Labute approximate surface area is 93.7 Å². The SMILES string of the molecule is Cc1nc(Cl)cc(C2=CC(=N)CCC2)n1. The van der Waals surface area contributed by atoms with Gasteiger partial charge in [-0.2, -0.15) is 0 Å². The zero-order chi connectivity index (χ0) is 10.8. The molecule has 0 saturated carbocycles. The fourth-order valence-electron chi connectivity index (χ4n) is 1.72. The van der Waals surface area contributed by atoms with Gasteiger partial charge in [0.25, 0.3) is 0 Å². The summed E-state index contributed by atoms with van der Waals surface area (Å²) in [5.41, 5.74) is 2.62. The molecule has 4 heteroatoms. The van der Waals surface area contributed by atoms with Crippen molar-refractivity contribution in [3.05, 3.63) is 28.8 Å². The van der Waals surface area contributed by atoms with E-state index in [-0.39, 0.29) is 0 Å². The van der Waals surface area contributed by atoms with Gasteiger partial charge in [-0.25, -0.2) is 9.97 Å². The van der Waals surface area contributed by atoms with Crippen LogP contribution in [0.15, 0.2) is 12.1 Å². The lowest BCUT2D eigenvalue weighted by Gasteiger charge is -2.13. The van der Waals surface area contributed by atoms with Gasteiger partial charge in [0.1, 0.15) is 11.0 Å². The summed E-state index contributed by atoms with van der Waals surface area (Å²) in [6.07, 6.45) is 4.74. The summed E-state index contributed by atoms with van der Waals surface area (Å²) < 4.78 is 0. The Morgan fingerprint density at radius 1 is 1.33 bits per heavy atom. The summed E-state index contributed by atoms with van der Waals surface area (Å²) in [5.74, 6) is 0.676. The van der Waals surface area contributed by atoms with Crippen molar-refractivity contribution in [3.63, 3.8) is 0 Å². The Balaban J connectivity index is 2.40. The number of aromatic nitrogens is 2. The summed E-state index contributed by atoms with van der Waals surface area (Å²) in [4.78, 5) is 8.35. The second-order valence-corrected chi connectivity index (χ2v) is 4.06. The van der Waals surface area contributed by atoms with Crippen LogP contribution in [0.25, 0.3) is 5.57 Å². The number of nitrogens with one attached hydrogen (secondary N) is 1. The molecule has 1 aromatic rings. The molecule has 2 rings (SSSR count). The van der Waals surface area contributed by atoms with E-state index in [1.807, 2.05) is 13.0 Å². The second kappa shape index (κ2) is 4.11. The predicted molar refractivity (Wildman–Crippen MR) is 61.3 cm³/mol. The number of rotatable bonds is 1. The Morgan fingerprint density at radius 3 is 2.80 bits per heavy atom. The highest BCUT2D eigenvalue weighted by molar-refractivity contribution is 6.29.